The summed E-state index contributed by atoms with van der Waals surface area (Å²) in [6, 6.07) is 9.42. The van der Waals surface area contributed by atoms with Gasteiger partial charge in [0.25, 0.3) is 0 Å². The molecule has 2 rings (SSSR count). The maximum absolute atomic E-state index is 8.81. The lowest BCUT2D eigenvalue weighted by Gasteiger charge is -2.29. The molecule has 0 radical (unpaired) electrons. The summed E-state index contributed by atoms with van der Waals surface area (Å²) in [5.74, 6) is 0. The minimum Gasteiger partial charge on any atom is -0.373 e. The van der Waals surface area contributed by atoms with E-state index in [4.69, 9.17) is 19.5 Å². The summed E-state index contributed by atoms with van der Waals surface area (Å²) in [5.41, 5.74) is 1.59. The van der Waals surface area contributed by atoms with Gasteiger partial charge in [0, 0.05) is 12.2 Å². The molecule has 0 aliphatic carbocycles. The Kier molecular flexibility index (Phi) is 8.10. The van der Waals surface area contributed by atoms with E-state index >= 15 is 0 Å². The number of hydrogen-bond donors (Lipinski definition) is 0. The van der Waals surface area contributed by atoms with Crippen LogP contribution in [-0.2, 0) is 14.2 Å². The number of rotatable bonds is 9. The van der Waals surface area contributed by atoms with Crippen molar-refractivity contribution in [2.45, 2.75) is 57.8 Å². The Morgan fingerprint density at radius 1 is 1.04 bits per heavy atom. The van der Waals surface area contributed by atoms with Gasteiger partial charge in [0.15, 0.2) is 6.29 Å². The zero-order valence-corrected chi connectivity index (χ0v) is 14.0. The van der Waals surface area contributed by atoms with Crippen molar-refractivity contribution < 1.29 is 14.2 Å². The van der Waals surface area contributed by atoms with Crippen LogP contribution in [0.4, 0.5) is 0 Å². The van der Waals surface area contributed by atoms with Gasteiger partial charge in [0.1, 0.15) is 6.10 Å². The molecule has 0 aromatic heterocycles. The SMILES string of the molecule is CCCCCCCCOC1COC(c2ccc(C#N)cc2)OC1. The van der Waals surface area contributed by atoms with Gasteiger partial charge in [-0.05, 0) is 18.6 Å². The van der Waals surface area contributed by atoms with Gasteiger partial charge in [-0.3, -0.25) is 0 Å². The smallest absolute Gasteiger partial charge is 0.184 e. The molecule has 1 aliphatic heterocycles. The summed E-state index contributed by atoms with van der Waals surface area (Å²) in [7, 11) is 0. The van der Waals surface area contributed by atoms with Crippen molar-refractivity contribution in [3.8, 4) is 6.07 Å². The van der Waals surface area contributed by atoms with E-state index in [1.165, 1.54) is 32.1 Å². The van der Waals surface area contributed by atoms with E-state index < -0.39 is 0 Å². The van der Waals surface area contributed by atoms with Gasteiger partial charge in [0.2, 0.25) is 0 Å². The molecule has 126 valence electrons. The highest BCUT2D eigenvalue weighted by Crippen LogP contribution is 2.24. The minimum atomic E-state index is -0.350. The molecular weight excluding hydrogens is 290 g/mol. The van der Waals surface area contributed by atoms with E-state index in [1.54, 1.807) is 12.1 Å². The van der Waals surface area contributed by atoms with E-state index in [0.29, 0.717) is 18.8 Å². The number of unbranched alkanes of at least 4 members (excludes halogenated alkanes) is 5. The molecule has 1 fully saturated rings. The molecule has 1 saturated heterocycles. The first-order valence-electron chi connectivity index (χ1n) is 8.68. The van der Waals surface area contributed by atoms with Gasteiger partial charge < -0.3 is 14.2 Å². The van der Waals surface area contributed by atoms with Gasteiger partial charge in [-0.15, -0.1) is 0 Å². The maximum Gasteiger partial charge on any atom is 0.184 e. The monoisotopic (exact) mass is 317 g/mol. The summed E-state index contributed by atoms with van der Waals surface area (Å²) in [5, 5.41) is 8.81. The van der Waals surface area contributed by atoms with Gasteiger partial charge in [-0.25, -0.2) is 0 Å². The predicted molar refractivity (Wildman–Crippen MR) is 88.9 cm³/mol. The largest absolute Gasteiger partial charge is 0.373 e. The van der Waals surface area contributed by atoms with Crippen LogP contribution in [0, 0.1) is 11.3 Å². The molecule has 0 N–H and O–H groups in total. The highest BCUT2D eigenvalue weighted by Gasteiger charge is 2.23. The molecule has 23 heavy (non-hydrogen) atoms. The molecule has 1 aromatic rings. The maximum atomic E-state index is 8.81. The van der Waals surface area contributed by atoms with Crippen LogP contribution < -0.4 is 0 Å². The summed E-state index contributed by atoms with van der Waals surface area (Å²) in [6.07, 6.45) is 7.28. The Morgan fingerprint density at radius 2 is 1.70 bits per heavy atom. The van der Waals surface area contributed by atoms with Crippen molar-refractivity contribution >= 4 is 0 Å². The topological polar surface area (TPSA) is 51.5 Å². The molecule has 1 aromatic carbocycles. The summed E-state index contributed by atoms with van der Waals surface area (Å²) >= 11 is 0. The quantitative estimate of drug-likeness (QED) is 0.635. The molecule has 0 saturated carbocycles. The second-order valence-corrected chi connectivity index (χ2v) is 5.99. The third-order valence-corrected chi connectivity index (χ3v) is 4.03. The lowest BCUT2D eigenvalue weighted by atomic mass is 10.1. The van der Waals surface area contributed by atoms with Crippen molar-refractivity contribution in [3.63, 3.8) is 0 Å². The minimum absolute atomic E-state index is 0.0280. The van der Waals surface area contributed by atoms with Gasteiger partial charge in [-0.1, -0.05) is 51.2 Å². The summed E-state index contributed by atoms with van der Waals surface area (Å²) < 4.78 is 17.3. The summed E-state index contributed by atoms with van der Waals surface area (Å²) in [4.78, 5) is 0. The molecule has 0 amide bonds. The Morgan fingerprint density at radius 3 is 2.35 bits per heavy atom. The number of ether oxygens (including phenoxy) is 3. The summed E-state index contributed by atoms with van der Waals surface area (Å²) in [6.45, 7) is 4.13. The fourth-order valence-electron chi connectivity index (χ4n) is 2.62. The van der Waals surface area contributed by atoms with Crippen LogP contribution in [0.15, 0.2) is 24.3 Å². The molecule has 0 spiro atoms. The lowest BCUT2D eigenvalue weighted by Crippen LogP contribution is -2.33. The molecule has 0 atom stereocenters. The molecule has 1 heterocycles. The lowest BCUT2D eigenvalue weighted by molar-refractivity contribution is -0.230. The Labute approximate surface area is 139 Å². The first-order chi connectivity index (χ1) is 11.3. The van der Waals surface area contributed by atoms with Crippen LogP contribution in [0.5, 0.6) is 0 Å². The first kappa shape index (κ1) is 17.9. The molecule has 0 unspecified atom stereocenters. The third kappa shape index (κ3) is 6.31. The Hall–Kier alpha value is -1.41. The van der Waals surface area contributed by atoms with Crippen molar-refractivity contribution in [2.75, 3.05) is 19.8 Å². The Bertz CT molecular complexity index is 472. The van der Waals surface area contributed by atoms with E-state index in [0.717, 1.165) is 18.6 Å². The number of hydrogen-bond acceptors (Lipinski definition) is 4. The third-order valence-electron chi connectivity index (χ3n) is 4.03. The standard InChI is InChI=1S/C19H27NO3/c1-2-3-4-5-6-7-12-21-18-14-22-19(23-15-18)17-10-8-16(13-20)9-11-17/h8-11,18-19H,2-7,12,14-15H2,1H3. The van der Waals surface area contributed by atoms with Crippen molar-refractivity contribution in [1.82, 2.24) is 0 Å². The highest BCUT2D eigenvalue weighted by molar-refractivity contribution is 5.32. The first-order valence-corrected chi connectivity index (χ1v) is 8.68. The van der Waals surface area contributed by atoms with Crippen LogP contribution in [0.3, 0.4) is 0 Å². The number of benzene rings is 1. The number of nitrogens with zero attached hydrogens (tertiary/aromatic N) is 1. The zero-order chi connectivity index (χ0) is 16.3. The normalized spacial score (nSPS) is 21.0. The van der Waals surface area contributed by atoms with Crippen LogP contribution in [-0.4, -0.2) is 25.9 Å². The molecule has 0 bridgehead atoms. The van der Waals surface area contributed by atoms with Crippen molar-refractivity contribution in [1.29, 1.82) is 5.26 Å². The Balaban J connectivity index is 1.59. The average molecular weight is 317 g/mol. The zero-order valence-electron chi connectivity index (χ0n) is 14.0. The second kappa shape index (κ2) is 10.4. The van der Waals surface area contributed by atoms with Crippen LogP contribution >= 0.6 is 0 Å². The predicted octanol–water partition coefficient (Wildman–Crippen LogP) is 4.35. The van der Waals surface area contributed by atoms with E-state index in [2.05, 4.69) is 13.0 Å². The highest BCUT2D eigenvalue weighted by atomic mass is 16.7. The fraction of sp³-hybridized carbons (Fsp3) is 0.632. The average Bonchev–Trinajstić information content (AvgIpc) is 2.61. The van der Waals surface area contributed by atoms with Gasteiger partial charge in [-0.2, -0.15) is 5.26 Å². The van der Waals surface area contributed by atoms with Crippen LogP contribution in [0.1, 0.15) is 62.9 Å². The second-order valence-electron chi connectivity index (χ2n) is 5.99. The van der Waals surface area contributed by atoms with Gasteiger partial charge in [0.05, 0.1) is 24.8 Å². The molecule has 4 nitrogen and oxygen atoms in total. The van der Waals surface area contributed by atoms with E-state index in [-0.39, 0.29) is 12.4 Å². The van der Waals surface area contributed by atoms with Crippen LogP contribution in [0.2, 0.25) is 0 Å². The number of nitriles is 1. The van der Waals surface area contributed by atoms with E-state index in [1.807, 2.05) is 12.1 Å². The van der Waals surface area contributed by atoms with Crippen molar-refractivity contribution in [3.05, 3.63) is 35.4 Å². The van der Waals surface area contributed by atoms with E-state index in [9.17, 15) is 0 Å². The van der Waals surface area contributed by atoms with Crippen LogP contribution in [0.25, 0.3) is 0 Å². The molecule has 4 heteroatoms. The van der Waals surface area contributed by atoms with Crippen molar-refractivity contribution in [2.24, 2.45) is 0 Å². The van der Waals surface area contributed by atoms with Gasteiger partial charge >= 0.3 is 0 Å². The molecular formula is C19H27NO3. The fourth-order valence-corrected chi connectivity index (χ4v) is 2.62. The molecule has 1 aliphatic rings.